The summed E-state index contributed by atoms with van der Waals surface area (Å²) in [6.07, 6.45) is 2.58. The van der Waals surface area contributed by atoms with Crippen LogP contribution in [0, 0.1) is 10.1 Å². The molecule has 1 aromatic rings. The summed E-state index contributed by atoms with van der Waals surface area (Å²) in [5.41, 5.74) is 12.0. The van der Waals surface area contributed by atoms with Gasteiger partial charge >= 0.3 is 0 Å². The largest absolute Gasteiger partial charge is 0.330 e. The number of benzene rings is 1. The second kappa shape index (κ2) is 6.54. The van der Waals surface area contributed by atoms with Crippen LogP contribution >= 0.6 is 11.6 Å². The number of unbranched alkanes of at least 4 members (excludes halogenated alkanes) is 1. The number of nitro groups is 1. The average molecular weight is 258 g/mol. The first kappa shape index (κ1) is 13.9. The number of hydrogen-bond donors (Lipinski definition) is 2. The molecule has 0 fully saturated rings. The Kier molecular flexibility index (Phi) is 5.34. The number of rotatable bonds is 6. The zero-order valence-electron chi connectivity index (χ0n) is 9.43. The molecule has 0 aliphatic rings. The van der Waals surface area contributed by atoms with Gasteiger partial charge in [0.05, 0.1) is 4.92 Å². The maximum absolute atomic E-state index is 10.7. The zero-order chi connectivity index (χ0) is 12.8. The van der Waals surface area contributed by atoms with Crippen LogP contribution in [0.1, 0.15) is 30.9 Å². The van der Waals surface area contributed by atoms with Gasteiger partial charge in [0.2, 0.25) is 0 Å². The van der Waals surface area contributed by atoms with E-state index < -0.39 is 4.92 Å². The van der Waals surface area contributed by atoms with Gasteiger partial charge in [0.25, 0.3) is 5.69 Å². The van der Waals surface area contributed by atoms with E-state index in [2.05, 4.69) is 0 Å². The van der Waals surface area contributed by atoms with E-state index in [4.69, 9.17) is 23.1 Å². The third-order valence-corrected chi connectivity index (χ3v) is 2.88. The molecule has 1 atom stereocenters. The lowest BCUT2D eigenvalue weighted by molar-refractivity contribution is -0.384. The minimum Gasteiger partial charge on any atom is -0.330 e. The van der Waals surface area contributed by atoms with Crippen molar-refractivity contribution in [2.75, 3.05) is 6.54 Å². The molecule has 1 aromatic carbocycles. The van der Waals surface area contributed by atoms with Crippen LogP contribution in [0.3, 0.4) is 0 Å². The van der Waals surface area contributed by atoms with E-state index in [0.717, 1.165) is 24.8 Å². The SMILES string of the molecule is NCCCC[C@H](N)c1ccc(Cl)c([N+](=O)[O-])c1. The van der Waals surface area contributed by atoms with E-state index in [0.29, 0.717) is 6.54 Å². The molecule has 1 rings (SSSR count). The Labute approximate surface area is 105 Å². The molecule has 0 saturated heterocycles. The molecule has 5 nitrogen and oxygen atoms in total. The minimum atomic E-state index is -0.502. The molecule has 94 valence electrons. The van der Waals surface area contributed by atoms with Crippen LogP contribution in [-0.4, -0.2) is 11.5 Å². The van der Waals surface area contributed by atoms with E-state index in [9.17, 15) is 10.1 Å². The van der Waals surface area contributed by atoms with Gasteiger partial charge < -0.3 is 11.5 Å². The van der Waals surface area contributed by atoms with Crippen LogP contribution in [0.25, 0.3) is 0 Å². The number of halogens is 1. The maximum atomic E-state index is 10.7. The van der Waals surface area contributed by atoms with Crippen LogP contribution < -0.4 is 11.5 Å². The maximum Gasteiger partial charge on any atom is 0.288 e. The Balaban J connectivity index is 2.77. The monoisotopic (exact) mass is 257 g/mol. The van der Waals surface area contributed by atoms with E-state index in [-0.39, 0.29) is 16.8 Å². The molecule has 0 amide bonds. The highest BCUT2D eigenvalue weighted by Gasteiger charge is 2.15. The van der Waals surface area contributed by atoms with Crippen molar-refractivity contribution in [3.8, 4) is 0 Å². The number of hydrogen-bond acceptors (Lipinski definition) is 4. The fourth-order valence-electron chi connectivity index (χ4n) is 1.58. The van der Waals surface area contributed by atoms with E-state index >= 15 is 0 Å². The Morgan fingerprint density at radius 1 is 1.41 bits per heavy atom. The molecule has 0 radical (unpaired) electrons. The van der Waals surface area contributed by atoms with E-state index in [1.807, 2.05) is 0 Å². The number of nitrogens with zero attached hydrogens (tertiary/aromatic N) is 1. The number of nitrogens with two attached hydrogens (primary N) is 2. The zero-order valence-corrected chi connectivity index (χ0v) is 10.2. The van der Waals surface area contributed by atoms with Gasteiger partial charge in [-0.15, -0.1) is 0 Å². The molecule has 0 spiro atoms. The van der Waals surface area contributed by atoms with Crippen molar-refractivity contribution in [1.82, 2.24) is 0 Å². The summed E-state index contributed by atoms with van der Waals surface area (Å²) < 4.78 is 0. The van der Waals surface area contributed by atoms with Gasteiger partial charge in [-0.2, -0.15) is 0 Å². The molecular formula is C11H16ClN3O2. The Bertz CT molecular complexity index is 398. The average Bonchev–Trinajstić information content (AvgIpc) is 2.29. The fourth-order valence-corrected chi connectivity index (χ4v) is 1.76. The minimum absolute atomic E-state index is 0.0987. The third kappa shape index (κ3) is 3.96. The third-order valence-electron chi connectivity index (χ3n) is 2.56. The molecule has 0 unspecified atom stereocenters. The van der Waals surface area contributed by atoms with Crippen molar-refractivity contribution in [2.24, 2.45) is 11.5 Å². The quantitative estimate of drug-likeness (QED) is 0.465. The molecule has 0 aliphatic heterocycles. The lowest BCUT2D eigenvalue weighted by Crippen LogP contribution is -2.11. The molecule has 0 aliphatic carbocycles. The highest BCUT2D eigenvalue weighted by Crippen LogP contribution is 2.28. The second-order valence-electron chi connectivity index (χ2n) is 3.86. The molecule has 0 aromatic heterocycles. The Morgan fingerprint density at radius 3 is 2.71 bits per heavy atom. The highest BCUT2D eigenvalue weighted by molar-refractivity contribution is 6.32. The molecular weight excluding hydrogens is 242 g/mol. The van der Waals surface area contributed by atoms with Crippen molar-refractivity contribution in [2.45, 2.75) is 25.3 Å². The van der Waals surface area contributed by atoms with E-state index in [1.54, 1.807) is 6.07 Å². The van der Waals surface area contributed by atoms with Crippen LogP contribution in [0.2, 0.25) is 5.02 Å². The summed E-state index contributed by atoms with van der Waals surface area (Å²) >= 11 is 5.72. The van der Waals surface area contributed by atoms with Crippen molar-refractivity contribution in [3.63, 3.8) is 0 Å². The standard InChI is InChI=1S/C11H16ClN3O2/c12-9-5-4-8(7-11(9)15(16)17)10(14)3-1-2-6-13/h4-5,7,10H,1-3,6,13-14H2/t10-/m0/s1. The fraction of sp³-hybridized carbons (Fsp3) is 0.455. The van der Waals surface area contributed by atoms with Crippen molar-refractivity contribution >= 4 is 17.3 Å². The lowest BCUT2D eigenvalue weighted by atomic mass is 10.0. The van der Waals surface area contributed by atoms with Gasteiger partial charge in [0, 0.05) is 12.1 Å². The summed E-state index contributed by atoms with van der Waals surface area (Å²) in [4.78, 5) is 10.2. The first-order valence-electron chi connectivity index (χ1n) is 5.45. The predicted octanol–water partition coefficient (Wildman–Crippen LogP) is 2.38. The summed E-state index contributed by atoms with van der Waals surface area (Å²) in [6, 6.07) is 4.47. The molecule has 0 bridgehead atoms. The van der Waals surface area contributed by atoms with Crippen LogP contribution in [0.4, 0.5) is 5.69 Å². The highest BCUT2D eigenvalue weighted by atomic mass is 35.5. The molecule has 6 heteroatoms. The molecule has 0 heterocycles. The molecule has 0 saturated carbocycles. The van der Waals surface area contributed by atoms with Crippen molar-refractivity contribution in [3.05, 3.63) is 38.9 Å². The van der Waals surface area contributed by atoms with Crippen LogP contribution in [0.5, 0.6) is 0 Å². The van der Waals surface area contributed by atoms with Gasteiger partial charge in [-0.25, -0.2) is 0 Å². The van der Waals surface area contributed by atoms with Crippen LogP contribution in [-0.2, 0) is 0 Å². The van der Waals surface area contributed by atoms with Gasteiger partial charge in [0.1, 0.15) is 5.02 Å². The number of nitro benzene ring substituents is 1. The van der Waals surface area contributed by atoms with Gasteiger partial charge in [-0.1, -0.05) is 24.1 Å². The summed E-state index contributed by atoms with van der Waals surface area (Å²) in [7, 11) is 0. The second-order valence-corrected chi connectivity index (χ2v) is 4.27. The van der Waals surface area contributed by atoms with Crippen molar-refractivity contribution < 1.29 is 4.92 Å². The smallest absolute Gasteiger partial charge is 0.288 e. The summed E-state index contributed by atoms with van der Waals surface area (Å²) in [5.74, 6) is 0. The topological polar surface area (TPSA) is 95.2 Å². The Morgan fingerprint density at radius 2 is 2.12 bits per heavy atom. The molecule has 17 heavy (non-hydrogen) atoms. The first-order chi connectivity index (χ1) is 8.06. The van der Waals surface area contributed by atoms with E-state index in [1.165, 1.54) is 12.1 Å². The van der Waals surface area contributed by atoms with Gasteiger partial charge in [-0.3, -0.25) is 10.1 Å². The lowest BCUT2D eigenvalue weighted by Gasteiger charge is -2.11. The first-order valence-corrected chi connectivity index (χ1v) is 5.83. The van der Waals surface area contributed by atoms with Gasteiger partial charge in [-0.05, 0) is 31.0 Å². The normalized spacial score (nSPS) is 12.4. The van der Waals surface area contributed by atoms with Crippen LogP contribution in [0.15, 0.2) is 18.2 Å². The van der Waals surface area contributed by atoms with Gasteiger partial charge in [0.15, 0.2) is 0 Å². The predicted molar refractivity (Wildman–Crippen MR) is 67.9 cm³/mol. The summed E-state index contributed by atoms with van der Waals surface area (Å²) in [5, 5.41) is 10.9. The molecule has 4 N–H and O–H groups in total. The summed E-state index contributed by atoms with van der Waals surface area (Å²) in [6.45, 7) is 0.632. The Hall–Kier alpha value is -1.17. The van der Waals surface area contributed by atoms with Crippen molar-refractivity contribution in [1.29, 1.82) is 0 Å².